The van der Waals surface area contributed by atoms with Crippen molar-refractivity contribution in [1.82, 2.24) is 0 Å². The molecule has 0 aliphatic carbocycles. The minimum atomic E-state index is -1.88. The molecule has 0 saturated carbocycles. The van der Waals surface area contributed by atoms with E-state index in [0.29, 0.717) is 11.4 Å². The maximum absolute atomic E-state index is 12.3. The molecule has 0 aromatic heterocycles. The van der Waals surface area contributed by atoms with Gasteiger partial charge in [-0.05, 0) is 0 Å². The van der Waals surface area contributed by atoms with Crippen molar-refractivity contribution in [2.75, 3.05) is 0 Å². The summed E-state index contributed by atoms with van der Waals surface area (Å²) in [6.07, 6.45) is 5.39. The van der Waals surface area contributed by atoms with Crippen LogP contribution in [0.5, 0.6) is 0 Å². The Morgan fingerprint density at radius 1 is 1.14 bits per heavy atom. The Bertz CT molecular complexity index is 436. The fourth-order valence-corrected chi connectivity index (χ4v) is 6.21. The Morgan fingerprint density at radius 2 is 1.77 bits per heavy atom. The monoisotopic (exact) mass is 366 g/mol. The van der Waals surface area contributed by atoms with Gasteiger partial charge in [0.15, 0.2) is 0 Å². The van der Waals surface area contributed by atoms with Crippen LogP contribution in [-0.4, -0.2) is 30.1 Å². The second kappa shape index (κ2) is 9.51. The Labute approximate surface area is 139 Å². The number of benzene rings is 1. The average Bonchev–Trinajstić information content (AvgIpc) is 2.46. The number of carbonyl (C=O) groups excluding carboxylic acids is 1. The van der Waals surface area contributed by atoms with Crippen LogP contribution in [0.25, 0.3) is 0 Å². The molecule has 1 aromatic carbocycles. The van der Waals surface area contributed by atoms with Crippen LogP contribution in [0, 0.1) is 0 Å². The molecule has 124 valence electrons. The summed E-state index contributed by atoms with van der Waals surface area (Å²) in [5.41, 5.74) is 0.790. The van der Waals surface area contributed by atoms with E-state index in [9.17, 15) is 4.79 Å². The van der Waals surface area contributed by atoms with E-state index in [-0.39, 0.29) is 11.9 Å². The van der Waals surface area contributed by atoms with Crippen LogP contribution in [0.4, 0.5) is 0 Å². The van der Waals surface area contributed by atoms with Crippen molar-refractivity contribution in [2.45, 2.75) is 74.3 Å². The Hall–Kier alpha value is -0.607. The molecule has 0 radical (unpaired) electrons. The number of Topliss-reactive ketones (excluding diaryl/α,β-unsaturated/α-hetero) is 1. The van der Waals surface area contributed by atoms with E-state index >= 15 is 0 Å². The number of carbonyl (C=O) groups is 1. The van der Waals surface area contributed by atoms with Crippen LogP contribution in [0.3, 0.4) is 0 Å². The molecule has 22 heavy (non-hydrogen) atoms. The van der Waals surface area contributed by atoms with Gasteiger partial charge in [-0.15, -0.1) is 0 Å². The van der Waals surface area contributed by atoms with Crippen molar-refractivity contribution < 1.29 is 9.53 Å². The van der Waals surface area contributed by atoms with Gasteiger partial charge >= 0.3 is 139 Å². The predicted octanol–water partition coefficient (Wildman–Crippen LogP) is 5.49. The van der Waals surface area contributed by atoms with Crippen LogP contribution in [0.15, 0.2) is 30.3 Å². The van der Waals surface area contributed by atoms with Gasteiger partial charge in [0.05, 0.1) is 0 Å². The summed E-state index contributed by atoms with van der Waals surface area (Å²) < 4.78 is 6.32. The van der Waals surface area contributed by atoms with Crippen molar-refractivity contribution >= 4 is 19.0 Å². The third-order valence-corrected chi connectivity index (χ3v) is 8.95. The summed E-state index contributed by atoms with van der Waals surface area (Å²) >= 11 is -1.88. The van der Waals surface area contributed by atoms with Crippen LogP contribution in [-0.2, 0) is 4.74 Å². The molecular formula is C19H32GeO2. The van der Waals surface area contributed by atoms with Gasteiger partial charge < -0.3 is 0 Å². The van der Waals surface area contributed by atoms with E-state index in [1.807, 2.05) is 37.3 Å². The fraction of sp³-hybridized carbons (Fsp3) is 0.632. The summed E-state index contributed by atoms with van der Waals surface area (Å²) in [6, 6.07) is 9.53. The van der Waals surface area contributed by atoms with Gasteiger partial charge in [0.25, 0.3) is 0 Å². The zero-order valence-electron chi connectivity index (χ0n) is 14.9. The molecule has 0 aliphatic heterocycles. The molecule has 0 unspecified atom stereocenters. The van der Waals surface area contributed by atoms with E-state index in [2.05, 4.69) is 24.2 Å². The van der Waals surface area contributed by atoms with Gasteiger partial charge in [0, 0.05) is 0 Å². The van der Waals surface area contributed by atoms with Crippen LogP contribution >= 0.6 is 0 Å². The summed E-state index contributed by atoms with van der Waals surface area (Å²) in [5, 5.41) is 0. The summed E-state index contributed by atoms with van der Waals surface area (Å²) in [5.74, 6) is 7.40. The molecule has 0 amide bonds. The molecule has 1 aromatic rings. The molecule has 0 spiro atoms. The van der Waals surface area contributed by atoms with E-state index in [1.165, 1.54) is 19.3 Å². The first-order valence-corrected chi connectivity index (χ1v) is 16.1. The molecule has 1 rings (SSSR count). The quantitative estimate of drug-likeness (QED) is 0.311. The summed E-state index contributed by atoms with van der Waals surface area (Å²) in [4.78, 5) is 12.7. The van der Waals surface area contributed by atoms with Gasteiger partial charge in [-0.2, -0.15) is 0 Å². The van der Waals surface area contributed by atoms with Gasteiger partial charge in [0.2, 0.25) is 0 Å². The predicted molar refractivity (Wildman–Crippen MR) is 97.2 cm³/mol. The van der Waals surface area contributed by atoms with Crippen molar-refractivity contribution in [3.05, 3.63) is 35.9 Å². The Kier molecular flexibility index (Phi) is 8.41. The van der Waals surface area contributed by atoms with Crippen LogP contribution < -0.4 is 0 Å². The van der Waals surface area contributed by atoms with Gasteiger partial charge in [0.1, 0.15) is 0 Å². The van der Waals surface area contributed by atoms with Crippen LogP contribution in [0.2, 0.25) is 17.3 Å². The fourth-order valence-electron chi connectivity index (χ4n) is 2.62. The van der Waals surface area contributed by atoms with Crippen LogP contribution in [0.1, 0.15) is 56.3 Å². The van der Waals surface area contributed by atoms with E-state index in [4.69, 9.17) is 4.74 Å². The first-order chi connectivity index (χ1) is 10.3. The SMILES string of the molecule is CCCCC[C@@H](O[C@@H](C)CC(=O)c1ccccc1)[Ge]([CH3])([CH3])[CH3]. The van der Waals surface area contributed by atoms with Gasteiger partial charge in [-0.1, -0.05) is 0 Å². The standard InChI is InChI=1S/C19H32GeO2/c1-6-7-9-14-19(20(3,4)5)22-16(2)15-18(21)17-12-10-8-11-13-17/h8,10-13,16,19H,6-7,9,14-15H2,1-5H3/t16-,19+/m0/s1. The molecule has 0 heterocycles. The normalized spacial score (nSPS) is 14.6. The molecule has 0 aliphatic rings. The number of rotatable bonds is 10. The van der Waals surface area contributed by atoms with E-state index in [1.54, 1.807) is 0 Å². The van der Waals surface area contributed by atoms with E-state index in [0.717, 1.165) is 12.0 Å². The van der Waals surface area contributed by atoms with Crippen molar-refractivity contribution in [1.29, 1.82) is 0 Å². The Morgan fingerprint density at radius 3 is 2.32 bits per heavy atom. The molecule has 2 nitrogen and oxygen atoms in total. The number of hydrogen-bond donors (Lipinski definition) is 0. The molecule has 0 saturated heterocycles. The topological polar surface area (TPSA) is 26.3 Å². The second-order valence-corrected chi connectivity index (χ2v) is 18.6. The number of ketones is 1. The zero-order valence-corrected chi connectivity index (χ0v) is 17.0. The second-order valence-electron chi connectivity index (χ2n) is 7.29. The van der Waals surface area contributed by atoms with E-state index < -0.39 is 13.3 Å². The number of unbranched alkanes of at least 4 members (excludes halogenated alkanes) is 2. The number of ether oxygens (including phenoxy) is 1. The maximum atomic E-state index is 12.3. The molecule has 0 fully saturated rings. The first kappa shape index (κ1) is 19.4. The third kappa shape index (κ3) is 7.10. The van der Waals surface area contributed by atoms with Gasteiger partial charge in [-0.25, -0.2) is 0 Å². The van der Waals surface area contributed by atoms with Crippen molar-refractivity contribution in [2.24, 2.45) is 0 Å². The first-order valence-electron chi connectivity index (χ1n) is 8.58. The van der Waals surface area contributed by atoms with Crippen molar-refractivity contribution in [3.63, 3.8) is 0 Å². The van der Waals surface area contributed by atoms with Gasteiger partial charge in [-0.3, -0.25) is 0 Å². The molecule has 2 atom stereocenters. The number of hydrogen-bond acceptors (Lipinski definition) is 2. The molecular weight excluding hydrogens is 333 g/mol. The molecule has 0 bridgehead atoms. The zero-order chi connectivity index (χ0) is 16.6. The minimum absolute atomic E-state index is 0.00387. The average molecular weight is 365 g/mol. The van der Waals surface area contributed by atoms with Crippen molar-refractivity contribution in [3.8, 4) is 0 Å². The molecule has 3 heteroatoms. The summed E-state index contributed by atoms with van der Waals surface area (Å²) in [6.45, 7) is 4.27. The third-order valence-electron chi connectivity index (χ3n) is 4.00. The summed E-state index contributed by atoms with van der Waals surface area (Å²) in [7, 11) is 0. The Balaban J connectivity index is 2.55. The molecule has 0 N–H and O–H groups in total.